The van der Waals surface area contributed by atoms with E-state index in [1.807, 2.05) is 7.05 Å². The minimum atomic E-state index is 0.579. The van der Waals surface area contributed by atoms with Crippen LogP contribution in [-0.4, -0.2) is 54.6 Å². The number of anilines is 2. The second-order valence-electron chi connectivity index (χ2n) is 5.82. The highest BCUT2D eigenvalue weighted by molar-refractivity contribution is 5.58. The first kappa shape index (κ1) is 16.0. The number of aromatic nitrogens is 2. The SMILES string of the molecule is CCc1nc(NC)c(C)c(N(C)C2CCN(CC)CC2)n1. The third-order valence-electron chi connectivity index (χ3n) is 4.61. The largest absolute Gasteiger partial charge is 0.373 e. The highest BCUT2D eigenvalue weighted by Gasteiger charge is 2.24. The van der Waals surface area contributed by atoms with Gasteiger partial charge in [-0.05, 0) is 26.3 Å². The predicted octanol–water partition coefficient (Wildman–Crippen LogP) is 2.31. The minimum absolute atomic E-state index is 0.579. The summed E-state index contributed by atoms with van der Waals surface area (Å²) >= 11 is 0. The first-order valence-electron chi connectivity index (χ1n) is 8.11. The van der Waals surface area contributed by atoms with E-state index in [4.69, 9.17) is 4.98 Å². The zero-order chi connectivity index (χ0) is 15.4. The van der Waals surface area contributed by atoms with Crippen molar-refractivity contribution in [1.82, 2.24) is 14.9 Å². The molecule has 1 aromatic heterocycles. The molecule has 0 atom stereocenters. The maximum atomic E-state index is 4.77. The van der Waals surface area contributed by atoms with Crippen LogP contribution < -0.4 is 10.2 Å². The summed E-state index contributed by atoms with van der Waals surface area (Å²) in [7, 11) is 4.11. The Morgan fingerprint density at radius 2 is 1.90 bits per heavy atom. The van der Waals surface area contributed by atoms with E-state index in [9.17, 15) is 0 Å². The summed E-state index contributed by atoms with van der Waals surface area (Å²) in [5.41, 5.74) is 1.15. The van der Waals surface area contributed by atoms with Crippen molar-refractivity contribution >= 4 is 11.6 Å². The van der Waals surface area contributed by atoms with Crippen LogP contribution in [0.1, 0.15) is 38.1 Å². The first-order chi connectivity index (χ1) is 10.1. The second kappa shape index (κ2) is 7.07. The van der Waals surface area contributed by atoms with E-state index in [0.717, 1.165) is 36.0 Å². The molecule has 0 bridgehead atoms. The molecule has 0 unspecified atom stereocenters. The fourth-order valence-electron chi connectivity index (χ4n) is 3.09. The van der Waals surface area contributed by atoms with Crippen LogP contribution in [0.5, 0.6) is 0 Å². The fourth-order valence-corrected chi connectivity index (χ4v) is 3.09. The monoisotopic (exact) mass is 291 g/mol. The molecule has 1 aromatic rings. The summed E-state index contributed by atoms with van der Waals surface area (Å²) in [5, 5.41) is 3.20. The Morgan fingerprint density at radius 1 is 1.24 bits per heavy atom. The van der Waals surface area contributed by atoms with Crippen molar-refractivity contribution in [1.29, 1.82) is 0 Å². The molecule has 118 valence electrons. The van der Waals surface area contributed by atoms with Gasteiger partial charge in [-0.3, -0.25) is 0 Å². The molecule has 5 nitrogen and oxygen atoms in total. The summed E-state index contributed by atoms with van der Waals surface area (Å²) in [6.07, 6.45) is 3.29. The number of aryl methyl sites for hydroxylation is 1. The van der Waals surface area contributed by atoms with Gasteiger partial charge in [-0.2, -0.15) is 0 Å². The van der Waals surface area contributed by atoms with Crippen LogP contribution in [0.3, 0.4) is 0 Å². The van der Waals surface area contributed by atoms with Crippen LogP contribution in [0.25, 0.3) is 0 Å². The topological polar surface area (TPSA) is 44.3 Å². The number of hydrogen-bond acceptors (Lipinski definition) is 5. The molecule has 2 rings (SSSR count). The van der Waals surface area contributed by atoms with E-state index in [1.54, 1.807) is 0 Å². The van der Waals surface area contributed by atoms with E-state index in [0.29, 0.717) is 6.04 Å². The van der Waals surface area contributed by atoms with Gasteiger partial charge in [0, 0.05) is 45.2 Å². The Labute approximate surface area is 128 Å². The van der Waals surface area contributed by atoms with Gasteiger partial charge in [0.1, 0.15) is 17.5 Å². The molecule has 0 saturated carbocycles. The number of nitrogens with zero attached hydrogens (tertiary/aromatic N) is 4. The van der Waals surface area contributed by atoms with Crippen molar-refractivity contribution in [3.63, 3.8) is 0 Å². The lowest BCUT2D eigenvalue weighted by Gasteiger charge is -2.37. The minimum Gasteiger partial charge on any atom is -0.373 e. The smallest absolute Gasteiger partial charge is 0.137 e. The zero-order valence-corrected chi connectivity index (χ0v) is 14.1. The lowest BCUT2D eigenvalue weighted by Crippen LogP contribution is -2.44. The van der Waals surface area contributed by atoms with Crippen LogP contribution >= 0.6 is 0 Å². The van der Waals surface area contributed by atoms with E-state index in [2.05, 4.69) is 47.9 Å². The first-order valence-corrected chi connectivity index (χ1v) is 8.11. The number of likely N-dealkylation sites (tertiary alicyclic amines) is 1. The Hall–Kier alpha value is -1.36. The molecule has 0 spiro atoms. The molecule has 0 aromatic carbocycles. The van der Waals surface area contributed by atoms with E-state index >= 15 is 0 Å². The van der Waals surface area contributed by atoms with Crippen molar-refractivity contribution in [3.8, 4) is 0 Å². The molecule has 1 aliphatic heterocycles. The average Bonchev–Trinajstić information content (AvgIpc) is 2.54. The standard InChI is InChI=1S/C16H29N5/c1-6-14-18-15(17-4)12(3)16(19-14)20(5)13-8-10-21(7-2)11-9-13/h13H,6-11H2,1-5H3,(H,17,18,19). The third kappa shape index (κ3) is 3.46. The van der Waals surface area contributed by atoms with Gasteiger partial charge in [0.25, 0.3) is 0 Å². The van der Waals surface area contributed by atoms with Crippen molar-refractivity contribution in [2.75, 3.05) is 43.9 Å². The van der Waals surface area contributed by atoms with Crippen molar-refractivity contribution in [2.45, 2.75) is 46.1 Å². The fraction of sp³-hybridized carbons (Fsp3) is 0.750. The second-order valence-corrected chi connectivity index (χ2v) is 5.82. The van der Waals surface area contributed by atoms with Crippen LogP contribution in [0.2, 0.25) is 0 Å². The summed E-state index contributed by atoms with van der Waals surface area (Å²) in [5.74, 6) is 2.95. The molecule has 1 fully saturated rings. The van der Waals surface area contributed by atoms with Crippen molar-refractivity contribution in [3.05, 3.63) is 11.4 Å². The van der Waals surface area contributed by atoms with Gasteiger partial charge in [-0.15, -0.1) is 0 Å². The van der Waals surface area contributed by atoms with Crippen LogP contribution in [0.4, 0.5) is 11.6 Å². The molecule has 0 aliphatic carbocycles. The van der Waals surface area contributed by atoms with E-state index in [-0.39, 0.29) is 0 Å². The number of nitrogens with one attached hydrogen (secondary N) is 1. The Balaban J connectivity index is 2.20. The Morgan fingerprint density at radius 3 is 2.43 bits per heavy atom. The Kier molecular flexibility index (Phi) is 5.39. The van der Waals surface area contributed by atoms with Crippen LogP contribution in [-0.2, 0) is 6.42 Å². The van der Waals surface area contributed by atoms with Crippen LogP contribution in [0.15, 0.2) is 0 Å². The number of piperidine rings is 1. The van der Waals surface area contributed by atoms with Crippen LogP contribution in [0, 0.1) is 6.92 Å². The molecule has 0 amide bonds. The molecule has 1 aliphatic rings. The molecule has 0 radical (unpaired) electrons. The molecule has 2 heterocycles. The van der Waals surface area contributed by atoms with Gasteiger partial charge in [0.2, 0.25) is 0 Å². The van der Waals surface area contributed by atoms with Gasteiger partial charge in [0.15, 0.2) is 0 Å². The lowest BCUT2D eigenvalue weighted by atomic mass is 10.0. The normalized spacial score (nSPS) is 17.0. The predicted molar refractivity (Wildman–Crippen MR) is 89.2 cm³/mol. The van der Waals surface area contributed by atoms with Gasteiger partial charge >= 0.3 is 0 Å². The maximum absolute atomic E-state index is 4.77. The van der Waals surface area contributed by atoms with Crippen molar-refractivity contribution in [2.24, 2.45) is 0 Å². The van der Waals surface area contributed by atoms with E-state index < -0.39 is 0 Å². The Bertz CT molecular complexity index is 466. The van der Waals surface area contributed by atoms with Gasteiger partial charge in [0.05, 0.1) is 0 Å². The summed E-state index contributed by atoms with van der Waals surface area (Å²) in [6.45, 7) is 9.99. The van der Waals surface area contributed by atoms with Gasteiger partial charge in [-0.1, -0.05) is 13.8 Å². The summed E-state index contributed by atoms with van der Waals surface area (Å²) < 4.78 is 0. The highest BCUT2D eigenvalue weighted by Crippen LogP contribution is 2.27. The average molecular weight is 291 g/mol. The molecule has 5 heteroatoms. The lowest BCUT2D eigenvalue weighted by molar-refractivity contribution is 0.220. The van der Waals surface area contributed by atoms with Crippen molar-refractivity contribution < 1.29 is 0 Å². The molecule has 1 saturated heterocycles. The summed E-state index contributed by atoms with van der Waals surface area (Å²) in [4.78, 5) is 14.2. The van der Waals surface area contributed by atoms with Gasteiger partial charge in [-0.25, -0.2) is 9.97 Å². The van der Waals surface area contributed by atoms with Gasteiger partial charge < -0.3 is 15.1 Å². The molecule has 21 heavy (non-hydrogen) atoms. The highest BCUT2D eigenvalue weighted by atomic mass is 15.2. The number of hydrogen-bond donors (Lipinski definition) is 1. The number of rotatable bonds is 5. The summed E-state index contributed by atoms with van der Waals surface area (Å²) in [6, 6.07) is 0.579. The molecular weight excluding hydrogens is 262 g/mol. The molecular formula is C16H29N5. The quantitative estimate of drug-likeness (QED) is 0.902. The van der Waals surface area contributed by atoms with E-state index in [1.165, 1.54) is 25.9 Å². The zero-order valence-electron chi connectivity index (χ0n) is 14.1. The maximum Gasteiger partial charge on any atom is 0.137 e. The third-order valence-corrected chi connectivity index (χ3v) is 4.61. The molecule has 1 N–H and O–H groups in total.